The molecule has 0 aliphatic rings. The van der Waals surface area contributed by atoms with Crippen molar-refractivity contribution in [2.75, 3.05) is 12.4 Å². The first-order chi connectivity index (χ1) is 9.55. The van der Waals surface area contributed by atoms with Crippen LogP contribution in [0.3, 0.4) is 0 Å². The van der Waals surface area contributed by atoms with Gasteiger partial charge in [0, 0.05) is 12.1 Å². The number of methoxy groups -OCH3 is 1. The van der Waals surface area contributed by atoms with Crippen molar-refractivity contribution < 1.29 is 14.3 Å². The van der Waals surface area contributed by atoms with Crippen LogP contribution in [0.2, 0.25) is 0 Å². The Kier molecular flexibility index (Phi) is 6.13. The zero-order valence-electron chi connectivity index (χ0n) is 10.8. The van der Waals surface area contributed by atoms with Gasteiger partial charge in [-0.05, 0) is 36.5 Å². The van der Waals surface area contributed by atoms with E-state index in [1.54, 1.807) is 24.3 Å². The van der Waals surface area contributed by atoms with E-state index in [-0.39, 0.29) is 23.9 Å². The lowest BCUT2D eigenvalue weighted by atomic mass is 10.2. The summed E-state index contributed by atoms with van der Waals surface area (Å²) in [5.74, 6) is -0.826. The van der Waals surface area contributed by atoms with Gasteiger partial charge in [0.15, 0.2) is 5.11 Å². The number of carbonyl (C=O) groups is 2. The Balaban J connectivity index is 2.41. The Morgan fingerprint density at radius 3 is 2.50 bits per heavy atom. The molecule has 0 unspecified atom stereocenters. The Bertz CT molecular complexity index is 549. The first kappa shape index (κ1) is 15.6. The summed E-state index contributed by atoms with van der Waals surface area (Å²) in [6, 6.07) is 8.60. The molecule has 20 heavy (non-hydrogen) atoms. The maximum absolute atomic E-state index is 11.5. The van der Waals surface area contributed by atoms with Gasteiger partial charge in [0.1, 0.15) is 0 Å². The van der Waals surface area contributed by atoms with Gasteiger partial charge in [-0.3, -0.25) is 9.59 Å². The van der Waals surface area contributed by atoms with E-state index in [1.165, 1.54) is 7.11 Å². The molecule has 6 nitrogen and oxygen atoms in total. The second-order valence-corrected chi connectivity index (χ2v) is 4.18. The third kappa shape index (κ3) is 5.46. The van der Waals surface area contributed by atoms with Crippen LogP contribution in [0.1, 0.15) is 18.4 Å². The van der Waals surface area contributed by atoms with Gasteiger partial charge in [-0.15, -0.1) is 0 Å². The molecule has 0 heterocycles. The molecule has 1 amide bonds. The lowest BCUT2D eigenvalue weighted by Crippen LogP contribution is -2.34. The minimum atomic E-state index is -0.453. The van der Waals surface area contributed by atoms with Gasteiger partial charge in [-0.25, -0.2) is 0 Å². The van der Waals surface area contributed by atoms with E-state index in [2.05, 4.69) is 15.4 Å². The van der Waals surface area contributed by atoms with Gasteiger partial charge in [-0.1, -0.05) is 0 Å². The van der Waals surface area contributed by atoms with Crippen LogP contribution in [-0.4, -0.2) is 24.1 Å². The SMILES string of the molecule is COC(=O)CCC(=O)NC(=S)Nc1ccc(C#N)cc1. The largest absolute Gasteiger partial charge is 0.469 e. The van der Waals surface area contributed by atoms with Gasteiger partial charge in [0.25, 0.3) is 0 Å². The highest BCUT2D eigenvalue weighted by atomic mass is 32.1. The van der Waals surface area contributed by atoms with Gasteiger partial charge in [0.2, 0.25) is 5.91 Å². The summed E-state index contributed by atoms with van der Waals surface area (Å²) in [5.41, 5.74) is 1.19. The summed E-state index contributed by atoms with van der Waals surface area (Å²) in [4.78, 5) is 22.4. The van der Waals surface area contributed by atoms with Crippen molar-refractivity contribution >= 4 is 34.9 Å². The molecule has 104 valence electrons. The standard InChI is InChI=1S/C13H13N3O3S/c1-19-12(18)7-6-11(17)16-13(20)15-10-4-2-9(8-14)3-5-10/h2-5H,6-7H2,1H3,(H2,15,16,17,20). The second-order valence-electron chi connectivity index (χ2n) is 3.77. The van der Waals surface area contributed by atoms with E-state index in [0.29, 0.717) is 11.3 Å². The molecule has 1 aromatic rings. The van der Waals surface area contributed by atoms with Crippen molar-refractivity contribution in [2.45, 2.75) is 12.8 Å². The zero-order valence-corrected chi connectivity index (χ0v) is 11.6. The fourth-order valence-corrected chi connectivity index (χ4v) is 1.53. The van der Waals surface area contributed by atoms with E-state index in [4.69, 9.17) is 17.5 Å². The van der Waals surface area contributed by atoms with E-state index < -0.39 is 5.97 Å². The number of nitrogens with one attached hydrogen (secondary N) is 2. The average Bonchev–Trinajstić information content (AvgIpc) is 2.45. The fourth-order valence-electron chi connectivity index (χ4n) is 1.30. The molecule has 0 saturated heterocycles. The van der Waals surface area contributed by atoms with Crippen molar-refractivity contribution in [1.82, 2.24) is 5.32 Å². The minimum absolute atomic E-state index is 0.00180. The Labute approximate surface area is 121 Å². The van der Waals surface area contributed by atoms with E-state index in [1.807, 2.05) is 6.07 Å². The highest BCUT2D eigenvalue weighted by Gasteiger charge is 2.08. The number of amides is 1. The van der Waals surface area contributed by atoms with Crippen molar-refractivity contribution in [2.24, 2.45) is 0 Å². The molecule has 0 radical (unpaired) electrons. The van der Waals surface area contributed by atoms with Crippen LogP contribution in [0.25, 0.3) is 0 Å². The number of rotatable bonds is 4. The molecular formula is C13H13N3O3S. The molecule has 1 aromatic carbocycles. The second kappa shape index (κ2) is 7.86. The maximum Gasteiger partial charge on any atom is 0.306 e. The number of anilines is 1. The number of carbonyl (C=O) groups excluding carboxylic acids is 2. The van der Waals surface area contributed by atoms with Crippen LogP contribution in [-0.2, 0) is 14.3 Å². The molecule has 0 atom stereocenters. The molecule has 0 aliphatic carbocycles. The normalized spacial score (nSPS) is 9.20. The van der Waals surface area contributed by atoms with E-state index in [0.717, 1.165) is 0 Å². The first-order valence-electron chi connectivity index (χ1n) is 5.73. The smallest absolute Gasteiger partial charge is 0.306 e. The molecule has 0 aromatic heterocycles. The predicted molar refractivity (Wildman–Crippen MR) is 76.8 cm³/mol. The quantitative estimate of drug-likeness (QED) is 0.642. The Hall–Kier alpha value is -2.46. The molecule has 0 spiro atoms. The predicted octanol–water partition coefficient (Wildman–Crippen LogP) is 1.32. The van der Waals surface area contributed by atoms with Crippen LogP contribution in [0.15, 0.2) is 24.3 Å². The summed E-state index contributed by atoms with van der Waals surface area (Å²) in [7, 11) is 1.26. The summed E-state index contributed by atoms with van der Waals surface area (Å²) < 4.78 is 4.43. The molecular weight excluding hydrogens is 278 g/mol. The number of benzene rings is 1. The number of nitriles is 1. The van der Waals surface area contributed by atoms with Crippen LogP contribution in [0.4, 0.5) is 5.69 Å². The summed E-state index contributed by atoms with van der Waals surface area (Å²) in [6.45, 7) is 0. The third-order valence-corrected chi connectivity index (χ3v) is 2.51. The third-order valence-electron chi connectivity index (χ3n) is 2.31. The van der Waals surface area contributed by atoms with Crippen molar-refractivity contribution in [3.8, 4) is 6.07 Å². The molecule has 7 heteroatoms. The lowest BCUT2D eigenvalue weighted by Gasteiger charge is -2.09. The first-order valence-corrected chi connectivity index (χ1v) is 6.14. The van der Waals surface area contributed by atoms with Crippen LogP contribution in [0.5, 0.6) is 0 Å². The number of hydrogen-bond donors (Lipinski definition) is 2. The minimum Gasteiger partial charge on any atom is -0.469 e. The maximum atomic E-state index is 11.5. The Morgan fingerprint density at radius 1 is 1.30 bits per heavy atom. The van der Waals surface area contributed by atoms with Crippen molar-refractivity contribution in [3.63, 3.8) is 0 Å². The fraction of sp³-hybridized carbons (Fsp3) is 0.231. The Morgan fingerprint density at radius 2 is 1.95 bits per heavy atom. The molecule has 0 bridgehead atoms. The highest BCUT2D eigenvalue weighted by Crippen LogP contribution is 2.08. The van der Waals surface area contributed by atoms with Gasteiger partial charge in [0.05, 0.1) is 25.2 Å². The van der Waals surface area contributed by atoms with Crippen molar-refractivity contribution in [3.05, 3.63) is 29.8 Å². The van der Waals surface area contributed by atoms with Crippen LogP contribution < -0.4 is 10.6 Å². The number of thiocarbonyl (C=S) groups is 1. The number of esters is 1. The molecule has 2 N–H and O–H groups in total. The molecule has 1 rings (SSSR count). The summed E-state index contributed by atoms with van der Waals surface area (Å²) in [6.07, 6.45) is 0.00365. The average molecular weight is 291 g/mol. The van der Waals surface area contributed by atoms with E-state index in [9.17, 15) is 9.59 Å². The van der Waals surface area contributed by atoms with Crippen LogP contribution >= 0.6 is 12.2 Å². The van der Waals surface area contributed by atoms with Gasteiger partial charge in [-0.2, -0.15) is 5.26 Å². The van der Waals surface area contributed by atoms with Gasteiger partial charge < -0.3 is 15.4 Å². The lowest BCUT2D eigenvalue weighted by molar-refractivity contribution is -0.142. The number of ether oxygens (including phenoxy) is 1. The summed E-state index contributed by atoms with van der Waals surface area (Å²) in [5, 5.41) is 14.0. The zero-order chi connectivity index (χ0) is 15.0. The highest BCUT2D eigenvalue weighted by molar-refractivity contribution is 7.80. The van der Waals surface area contributed by atoms with Crippen LogP contribution in [0, 0.1) is 11.3 Å². The topological polar surface area (TPSA) is 91.2 Å². The molecule has 0 aliphatic heterocycles. The van der Waals surface area contributed by atoms with Gasteiger partial charge >= 0.3 is 5.97 Å². The monoisotopic (exact) mass is 291 g/mol. The van der Waals surface area contributed by atoms with Crippen molar-refractivity contribution in [1.29, 1.82) is 5.26 Å². The number of nitrogens with zero attached hydrogens (tertiary/aromatic N) is 1. The summed E-state index contributed by atoms with van der Waals surface area (Å²) >= 11 is 4.96. The molecule has 0 fully saturated rings. The number of hydrogen-bond acceptors (Lipinski definition) is 5. The van der Waals surface area contributed by atoms with E-state index >= 15 is 0 Å². The molecule has 0 saturated carbocycles.